The van der Waals surface area contributed by atoms with E-state index in [-0.39, 0.29) is 17.5 Å². The summed E-state index contributed by atoms with van der Waals surface area (Å²) in [6.07, 6.45) is 2.17. The third-order valence-corrected chi connectivity index (χ3v) is 3.84. The minimum atomic E-state index is -3.83. The lowest BCUT2D eigenvalue weighted by Gasteiger charge is -2.30. The molecule has 0 amide bonds. The first kappa shape index (κ1) is 13.6. The number of hydrogen-bond donors (Lipinski definition) is 1. The maximum Gasteiger partial charge on any atom is 0.264 e. The van der Waals surface area contributed by atoms with Crippen LogP contribution in [-0.2, 0) is 14.9 Å². The Morgan fingerprint density at radius 3 is 2.38 bits per heavy atom. The highest BCUT2D eigenvalue weighted by molar-refractivity contribution is 7.85. The summed E-state index contributed by atoms with van der Waals surface area (Å²) in [5.74, 6) is 0.245. The third kappa shape index (κ3) is 5.05. The lowest BCUT2D eigenvalue weighted by Crippen LogP contribution is -2.36. The second-order valence-corrected chi connectivity index (χ2v) is 5.94. The number of ketones is 1. The monoisotopic (exact) mass is 249 g/mol. The zero-order valence-electron chi connectivity index (χ0n) is 9.55. The van der Waals surface area contributed by atoms with E-state index in [1.54, 1.807) is 6.92 Å². The van der Waals surface area contributed by atoms with Crippen LogP contribution in [0.15, 0.2) is 0 Å². The summed E-state index contributed by atoms with van der Waals surface area (Å²) in [7, 11) is -3.83. The van der Waals surface area contributed by atoms with E-state index >= 15 is 0 Å². The molecule has 1 rings (SSSR count). The smallest absolute Gasteiger partial charge is 0.264 e. The van der Waals surface area contributed by atoms with Crippen LogP contribution in [0.1, 0.15) is 26.2 Å². The first-order valence-corrected chi connectivity index (χ1v) is 7.17. The first-order valence-electron chi connectivity index (χ1n) is 5.56. The molecule has 6 heteroatoms. The van der Waals surface area contributed by atoms with E-state index in [0.717, 1.165) is 25.9 Å². The van der Waals surface area contributed by atoms with Gasteiger partial charge < -0.3 is 4.90 Å². The zero-order valence-corrected chi connectivity index (χ0v) is 10.4. The predicted octanol–water partition coefficient (Wildman–Crippen LogP) is 0.565. The van der Waals surface area contributed by atoms with Gasteiger partial charge in [-0.25, -0.2) is 0 Å². The molecule has 0 saturated carbocycles. The van der Waals surface area contributed by atoms with Crippen LogP contribution in [0.2, 0.25) is 0 Å². The summed E-state index contributed by atoms with van der Waals surface area (Å²) >= 11 is 0. The van der Waals surface area contributed by atoms with Crippen molar-refractivity contribution >= 4 is 15.9 Å². The lowest BCUT2D eigenvalue weighted by atomic mass is 9.93. The zero-order chi connectivity index (χ0) is 12.2. The molecule has 1 heterocycles. The number of Topliss-reactive ketones (excluding diaryl/α,β-unsaturated/α-hetero) is 1. The van der Waals surface area contributed by atoms with Gasteiger partial charge in [0.2, 0.25) is 0 Å². The predicted molar refractivity (Wildman–Crippen MR) is 60.9 cm³/mol. The Kier molecular flexibility index (Phi) is 4.89. The van der Waals surface area contributed by atoms with Crippen molar-refractivity contribution in [3.63, 3.8) is 0 Å². The van der Waals surface area contributed by atoms with Crippen LogP contribution < -0.4 is 0 Å². The van der Waals surface area contributed by atoms with Gasteiger partial charge in [-0.1, -0.05) is 0 Å². The molecule has 1 saturated heterocycles. The van der Waals surface area contributed by atoms with Gasteiger partial charge in [-0.3, -0.25) is 9.35 Å². The second kappa shape index (κ2) is 5.75. The van der Waals surface area contributed by atoms with E-state index in [1.807, 2.05) is 0 Å². The summed E-state index contributed by atoms with van der Waals surface area (Å²) in [5, 5.41) is 0. The number of likely N-dealkylation sites (tertiary alicyclic amines) is 1. The van der Waals surface area contributed by atoms with E-state index in [4.69, 9.17) is 4.55 Å². The van der Waals surface area contributed by atoms with Crippen LogP contribution in [-0.4, -0.2) is 49.0 Å². The Morgan fingerprint density at radius 2 is 1.94 bits per heavy atom. The van der Waals surface area contributed by atoms with Crippen molar-refractivity contribution in [1.82, 2.24) is 4.90 Å². The number of piperidine rings is 1. The number of rotatable bonds is 5. The molecule has 1 aliphatic heterocycles. The number of nitrogens with zero attached hydrogens (tertiary/aromatic N) is 1. The van der Waals surface area contributed by atoms with Crippen LogP contribution in [0.25, 0.3) is 0 Å². The molecule has 0 spiro atoms. The largest absolute Gasteiger partial charge is 0.303 e. The highest BCUT2D eigenvalue weighted by Gasteiger charge is 2.22. The van der Waals surface area contributed by atoms with Gasteiger partial charge in [0.15, 0.2) is 0 Å². The second-order valence-electron chi connectivity index (χ2n) is 4.37. The van der Waals surface area contributed by atoms with E-state index in [9.17, 15) is 13.2 Å². The molecule has 5 nitrogen and oxygen atoms in total. The van der Waals surface area contributed by atoms with Crippen molar-refractivity contribution in [1.29, 1.82) is 0 Å². The van der Waals surface area contributed by atoms with E-state index < -0.39 is 10.1 Å². The van der Waals surface area contributed by atoms with E-state index in [1.165, 1.54) is 0 Å². The minimum absolute atomic E-state index is 0.179. The molecule has 1 aliphatic rings. The number of hydrogen-bond acceptors (Lipinski definition) is 4. The molecule has 0 atom stereocenters. The van der Waals surface area contributed by atoms with Crippen molar-refractivity contribution in [3.8, 4) is 0 Å². The van der Waals surface area contributed by atoms with Crippen LogP contribution >= 0.6 is 0 Å². The maximum absolute atomic E-state index is 11.1. The summed E-state index contributed by atoms with van der Waals surface area (Å²) in [6.45, 7) is 3.98. The molecule has 1 fully saturated rings. The minimum Gasteiger partial charge on any atom is -0.303 e. The molecular weight excluding hydrogens is 230 g/mol. The van der Waals surface area contributed by atoms with Gasteiger partial charge in [0.1, 0.15) is 5.78 Å². The molecule has 0 radical (unpaired) electrons. The third-order valence-electron chi connectivity index (χ3n) is 3.04. The molecule has 0 aromatic carbocycles. The molecule has 1 N–H and O–H groups in total. The fraction of sp³-hybridized carbons (Fsp3) is 0.900. The molecule has 94 valence electrons. The Hall–Kier alpha value is -0.460. The Labute approximate surface area is 96.6 Å². The summed E-state index contributed by atoms with van der Waals surface area (Å²) < 4.78 is 29.6. The lowest BCUT2D eigenvalue weighted by molar-refractivity contribution is -0.122. The average molecular weight is 249 g/mol. The Morgan fingerprint density at radius 1 is 1.38 bits per heavy atom. The van der Waals surface area contributed by atoms with Gasteiger partial charge in [0, 0.05) is 5.92 Å². The van der Waals surface area contributed by atoms with Gasteiger partial charge in [-0.05, 0) is 45.8 Å². The van der Waals surface area contributed by atoms with Crippen molar-refractivity contribution in [3.05, 3.63) is 0 Å². The number of carbonyl (C=O) groups excluding carboxylic acids is 1. The fourth-order valence-electron chi connectivity index (χ4n) is 2.03. The van der Waals surface area contributed by atoms with Crippen molar-refractivity contribution in [2.24, 2.45) is 5.92 Å². The molecule has 0 bridgehead atoms. The Bertz CT molecular complexity index is 331. The summed E-state index contributed by atoms with van der Waals surface area (Å²) in [5.41, 5.74) is 0. The first-order chi connectivity index (χ1) is 7.38. The molecule has 0 unspecified atom stereocenters. The van der Waals surface area contributed by atoms with Crippen molar-refractivity contribution < 1.29 is 17.8 Å². The highest BCUT2D eigenvalue weighted by atomic mass is 32.2. The standard InChI is InChI=1S/C10H19NO4S/c1-9(12)10-3-6-11(7-4-10)5-2-8-16(13,14)15/h10H,2-8H2,1H3,(H,13,14,15). The van der Waals surface area contributed by atoms with E-state index in [2.05, 4.69) is 4.90 Å². The van der Waals surface area contributed by atoms with Gasteiger partial charge in [-0.2, -0.15) is 8.42 Å². The normalized spacial score (nSPS) is 19.9. The number of carbonyl (C=O) groups is 1. The Balaban J connectivity index is 2.20. The quantitative estimate of drug-likeness (QED) is 0.721. The molecule has 0 aliphatic carbocycles. The fourth-order valence-corrected chi connectivity index (χ4v) is 2.53. The SMILES string of the molecule is CC(=O)C1CCN(CCCS(=O)(=O)O)CC1. The van der Waals surface area contributed by atoms with Crippen LogP contribution in [0.3, 0.4) is 0 Å². The molecule has 0 aromatic rings. The molecule has 0 aromatic heterocycles. The summed E-state index contributed by atoms with van der Waals surface area (Å²) in [4.78, 5) is 13.3. The van der Waals surface area contributed by atoms with Crippen molar-refractivity contribution in [2.45, 2.75) is 26.2 Å². The van der Waals surface area contributed by atoms with Gasteiger partial charge in [-0.15, -0.1) is 0 Å². The van der Waals surface area contributed by atoms with Gasteiger partial charge >= 0.3 is 0 Å². The van der Waals surface area contributed by atoms with Crippen LogP contribution in [0.5, 0.6) is 0 Å². The van der Waals surface area contributed by atoms with Crippen molar-refractivity contribution in [2.75, 3.05) is 25.4 Å². The highest BCUT2D eigenvalue weighted by Crippen LogP contribution is 2.17. The van der Waals surface area contributed by atoms with E-state index in [0.29, 0.717) is 13.0 Å². The topological polar surface area (TPSA) is 74.7 Å². The molecule has 16 heavy (non-hydrogen) atoms. The summed E-state index contributed by atoms with van der Waals surface area (Å²) in [6, 6.07) is 0. The molecular formula is C10H19NO4S. The van der Waals surface area contributed by atoms with Crippen LogP contribution in [0, 0.1) is 5.92 Å². The van der Waals surface area contributed by atoms with Crippen LogP contribution in [0.4, 0.5) is 0 Å². The maximum atomic E-state index is 11.1. The van der Waals surface area contributed by atoms with Gasteiger partial charge in [0.05, 0.1) is 5.75 Å². The van der Waals surface area contributed by atoms with Gasteiger partial charge in [0.25, 0.3) is 10.1 Å². The average Bonchev–Trinajstić information content (AvgIpc) is 2.16.